The van der Waals surface area contributed by atoms with Crippen LogP contribution in [0, 0.1) is 10.6 Å². The Balaban J connectivity index is 3.34. The van der Waals surface area contributed by atoms with Gasteiger partial charge in [-0.25, -0.2) is 13.8 Å². The topological polar surface area (TPSA) is 12.9 Å². The van der Waals surface area contributed by atoms with Gasteiger partial charge in [-0.05, 0) is 41.1 Å². The van der Waals surface area contributed by atoms with Crippen molar-refractivity contribution < 1.29 is 22.0 Å². The van der Waals surface area contributed by atoms with E-state index in [-0.39, 0.29) is 5.56 Å². The van der Waals surface area contributed by atoms with Gasteiger partial charge in [-0.15, -0.1) is 0 Å². The first-order valence-electron chi connectivity index (χ1n) is 3.76. The van der Waals surface area contributed by atoms with Crippen molar-refractivity contribution in [3.63, 3.8) is 0 Å². The van der Waals surface area contributed by atoms with Gasteiger partial charge in [0.05, 0.1) is 5.56 Å². The normalized spacial score (nSPS) is 12.3. The van der Waals surface area contributed by atoms with E-state index < -0.39 is 27.6 Å². The second-order valence-corrected chi connectivity index (χ2v) is 3.85. The molecule has 0 aliphatic carbocycles. The molecule has 1 aromatic rings. The van der Waals surface area contributed by atoms with E-state index >= 15 is 0 Å². The SMILES string of the molecule is Cc1cc(C(F)F)nc(I)c1C(F)(F)F. The summed E-state index contributed by atoms with van der Waals surface area (Å²) in [6.45, 7) is 1.14. The van der Waals surface area contributed by atoms with Crippen LogP contribution in [0.3, 0.4) is 0 Å². The van der Waals surface area contributed by atoms with E-state index in [4.69, 9.17) is 0 Å². The minimum Gasteiger partial charge on any atom is -0.240 e. The van der Waals surface area contributed by atoms with E-state index in [1.165, 1.54) is 22.6 Å². The Bertz CT molecular complexity index is 351. The largest absolute Gasteiger partial charge is 0.419 e. The van der Waals surface area contributed by atoms with Crippen LogP contribution in [-0.4, -0.2) is 4.98 Å². The molecule has 0 bridgehead atoms. The molecule has 1 nitrogen and oxygen atoms in total. The highest BCUT2D eigenvalue weighted by molar-refractivity contribution is 14.1. The molecular weight excluding hydrogens is 332 g/mol. The van der Waals surface area contributed by atoms with Crippen molar-refractivity contribution in [2.75, 3.05) is 0 Å². The summed E-state index contributed by atoms with van der Waals surface area (Å²) in [4.78, 5) is 3.22. The summed E-state index contributed by atoms with van der Waals surface area (Å²) in [7, 11) is 0. The molecule has 0 saturated carbocycles. The van der Waals surface area contributed by atoms with Gasteiger partial charge in [0.1, 0.15) is 9.39 Å². The average Bonchev–Trinajstić information content (AvgIpc) is 1.99. The molecule has 7 heteroatoms. The molecule has 1 aromatic heterocycles. The summed E-state index contributed by atoms with van der Waals surface area (Å²) in [5, 5.41) is 0. The van der Waals surface area contributed by atoms with E-state index in [9.17, 15) is 22.0 Å². The zero-order chi connectivity index (χ0) is 11.8. The number of hydrogen-bond acceptors (Lipinski definition) is 1. The number of alkyl halides is 5. The molecule has 0 radical (unpaired) electrons. The predicted molar refractivity (Wildman–Crippen MR) is 51.7 cm³/mol. The van der Waals surface area contributed by atoms with Crippen molar-refractivity contribution in [1.82, 2.24) is 4.98 Å². The number of aromatic nitrogens is 1. The molecule has 0 aromatic carbocycles. The van der Waals surface area contributed by atoms with Gasteiger partial charge < -0.3 is 0 Å². The second-order valence-electron chi connectivity index (χ2n) is 2.83. The fraction of sp³-hybridized carbons (Fsp3) is 0.375. The van der Waals surface area contributed by atoms with Gasteiger partial charge in [-0.1, -0.05) is 0 Å². The molecule has 0 saturated heterocycles. The number of halogens is 6. The standard InChI is InChI=1S/C8H5F5IN/c1-3-2-4(6(9)10)15-7(14)5(3)8(11,12)13/h2,6H,1H3. The molecule has 0 fully saturated rings. The first-order valence-corrected chi connectivity index (χ1v) is 4.83. The summed E-state index contributed by atoms with van der Waals surface area (Å²) >= 11 is 1.31. The lowest BCUT2D eigenvalue weighted by molar-refractivity contribution is -0.139. The van der Waals surface area contributed by atoms with Crippen molar-refractivity contribution in [2.24, 2.45) is 0 Å². The van der Waals surface area contributed by atoms with Crippen molar-refractivity contribution in [1.29, 1.82) is 0 Å². The maximum atomic E-state index is 12.4. The van der Waals surface area contributed by atoms with Gasteiger partial charge in [0, 0.05) is 0 Å². The van der Waals surface area contributed by atoms with Gasteiger partial charge in [0.2, 0.25) is 0 Å². The van der Waals surface area contributed by atoms with Gasteiger partial charge in [0.15, 0.2) is 0 Å². The van der Waals surface area contributed by atoms with Crippen molar-refractivity contribution in [2.45, 2.75) is 19.5 Å². The maximum absolute atomic E-state index is 12.4. The quantitative estimate of drug-likeness (QED) is 0.430. The van der Waals surface area contributed by atoms with E-state index in [2.05, 4.69) is 4.98 Å². The van der Waals surface area contributed by atoms with Crippen molar-refractivity contribution in [3.8, 4) is 0 Å². The smallest absolute Gasteiger partial charge is 0.240 e. The minimum absolute atomic E-state index is 0.239. The highest BCUT2D eigenvalue weighted by Gasteiger charge is 2.36. The van der Waals surface area contributed by atoms with E-state index in [1.807, 2.05) is 0 Å². The Kier molecular flexibility index (Phi) is 3.51. The Morgan fingerprint density at radius 1 is 1.33 bits per heavy atom. The highest BCUT2D eigenvalue weighted by atomic mass is 127. The highest BCUT2D eigenvalue weighted by Crippen LogP contribution is 2.35. The molecule has 0 unspecified atom stereocenters. The van der Waals surface area contributed by atoms with E-state index in [0.717, 1.165) is 13.0 Å². The predicted octanol–water partition coefficient (Wildman–Crippen LogP) is 3.95. The third kappa shape index (κ3) is 2.76. The van der Waals surface area contributed by atoms with E-state index in [1.54, 1.807) is 0 Å². The third-order valence-corrected chi connectivity index (χ3v) is 2.48. The third-order valence-electron chi connectivity index (χ3n) is 1.70. The molecule has 15 heavy (non-hydrogen) atoms. The van der Waals surface area contributed by atoms with Crippen LogP contribution in [0.5, 0.6) is 0 Å². The fourth-order valence-corrected chi connectivity index (χ4v) is 2.12. The summed E-state index contributed by atoms with van der Waals surface area (Å²) in [5.41, 5.74) is -1.82. The number of aryl methyl sites for hydroxylation is 1. The molecule has 0 spiro atoms. The molecule has 1 heterocycles. The molecule has 1 rings (SSSR count). The minimum atomic E-state index is -4.56. The number of rotatable bonds is 1. The van der Waals surface area contributed by atoms with Gasteiger partial charge >= 0.3 is 6.18 Å². The van der Waals surface area contributed by atoms with Crippen LogP contribution in [-0.2, 0) is 6.18 Å². The van der Waals surface area contributed by atoms with Gasteiger partial charge in [-0.2, -0.15) is 13.2 Å². The van der Waals surface area contributed by atoms with E-state index in [0.29, 0.717) is 0 Å². The lowest BCUT2D eigenvalue weighted by Gasteiger charge is -2.13. The Morgan fingerprint density at radius 3 is 2.20 bits per heavy atom. The van der Waals surface area contributed by atoms with Crippen LogP contribution in [0.2, 0.25) is 0 Å². The molecule has 0 aliphatic rings. The van der Waals surface area contributed by atoms with Crippen LogP contribution in [0.25, 0.3) is 0 Å². The van der Waals surface area contributed by atoms with Crippen LogP contribution in [0.4, 0.5) is 22.0 Å². The Morgan fingerprint density at radius 2 is 1.87 bits per heavy atom. The zero-order valence-electron chi connectivity index (χ0n) is 7.37. The fourth-order valence-electron chi connectivity index (χ4n) is 1.11. The monoisotopic (exact) mass is 337 g/mol. The number of pyridine rings is 1. The average molecular weight is 337 g/mol. The maximum Gasteiger partial charge on any atom is 0.419 e. The van der Waals surface area contributed by atoms with Gasteiger partial charge in [-0.3, -0.25) is 0 Å². The number of nitrogens with zero attached hydrogens (tertiary/aromatic N) is 1. The van der Waals surface area contributed by atoms with Gasteiger partial charge in [0.25, 0.3) is 6.43 Å². The van der Waals surface area contributed by atoms with Crippen LogP contribution >= 0.6 is 22.6 Å². The Labute approximate surface area is 95.8 Å². The lowest BCUT2D eigenvalue weighted by atomic mass is 10.1. The summed E-state index contributed by atoms with van der Waals surface area (Å²) in [6.07, 6.45) is -7.42. The second kappa shape index (κ2) is 4.18. The number of hydrogen-bond donors (Lipinski definition) is 0. The van der Waals surface area contributed by atoms with Crippen molar-refractivity contribution >= 4 is 22.6 Å². The summed E-state index contributed by atoms with van der Waals surface area (Å²) < 4.78 is 61.2. The van der Waals surface area contributed by atoms with Crippen LogP contribution in [0.1, 0.15) is 23.2 Å². The summed E-state index contributed by atoms with van der Waals surface area (Å²) in [6, 6.07) is 0.760. The van der Waals surface area contributed by atoms with Crippen LogP contribution < -0.4 is 0 Å². The Hall–Kier alpha value is -0.470. The zero-order valence-corrected chi connectivity index (χ0v) is 9.53. The molecular formula is C8H5F5IN. The first kappa shape index (κ1) is 12.6. The van der Waals surface area contributed by atoms with Crippen molar-refractivity contribution in [3.05, 3.63) is 26.6 Å². The lowest BCUT2D eigenvalue weighted by Crippen LogP contribution is -2.12. The molecule has 0 aliphatic heterocycles. The molecule has 0 N–H and O–H groups in total. The summed E-state index contributed by atoms with van der Waals surface area (Å²) in [5.74, 6) is 0. The molecule has 84 valence electrons. The van der Waals surface area contributed by atoms with Crippen LogP contribution in [0.15, 0.2) is 6.07 Å². The first-order chi connectivity index (χ1) is 6.73. The molecule has 0 atom stereocenters. The molecule has 0 amide bonds.